The molecule has 3 rings (SSSR count). The quantitative estimate of drug-likeness (QED) is 0.00886. The molecule has 1 saturated carbocycles. The van der Waals surface area contributed by atoms with Crippen LogP contribution in [-0.2, 0) is 61.2 Å². The van der Waals surface area contributed by atoms with Crippen LogP contribution in [0.15, 0.2) is 12.2 Å². The van der Waals surface area contributed by atoms with Crippen LogP contribution >= 0.6 is 7.82 Å². The fraction of sp³-hybridized carbons (Fsp3) is 0.930. The van der Waals surface area contributed by atoms with Crippen molar-refractivity contribution >= 4 is 25.7 Å². The predicted octanol–water partition coefficient (Wildman–Crippen LogP) is 9.96. The summed E-state index contributed by atoms with van der Waals surface area (Å²) in [7, 11) is -5.69. The maximum absolute atomic E-state index is 14.3. The molecule has 0 bridgehead atoms. The fourth-order valence-electron chi connectivity index (χ4n) is 12.4. The highest BCUT2D eigenvalue weighted by atomic mass is 31.2. The Morgan fingerprint density at radius 2 is 0.729 bits per heavy atom. The van der Waals surface area contributed by atoms with Crippen LogP contribution in [0.5, 0.6) is 0 Å². The van der Waals surface area contributed by atoms with Crippen molar-refractivity contribution in [3.8, 4) is 0 Å². The molecular formula is C71H131O24P. The van der Waals surface area contributed by atoms with Crippen molar-refractivity contribution in [1.29, 1.82) is 0 Å². The second kappa shape index (κ2) is 53.5. The fourth-order valence-corrected chi connectivity index (χ4v) is 13.4. The first kappa shape index (κ1) is 87.9. The molecule has 0 radical (unpaired) electrons. The van der Waals surface area contributed by atoms with E-state index >= 15 is 0 Å². The van der Waals surface area contributed by atoms with Crippen LogP contribution in [0.4, 0.5) is 0 Å². The second-order valence-corrected chi connectivity index (χ2v) is 28.4. The number of rotatable bonds is 58. The molecule has 1 aliphatic carbocycles. The average molecular weight is 1400 g/mol. The molecule has 0 aromatic carbocycles. The van der Waals surface area contributed by atoms with Gasteiger partial charge in [-0.25, -0.2) is 4.57 Å². The van der Waals surface area contributed by atoms with Crippen molar-refractivity contribution in [2.24, 2.45) is 0 Å². The van der Waals surface area contributed by atoms with Gasteiger partial charge in [0.25, 0.3) is 0 Å². The summed E-state index contributed by atoms with van der Waals surface area (Å²) in [5.74, 6) is -1.99. The average Bonchev–Trinajstić information content (AvgIpc) is 0.793. The molecule has 2 saturated heterocycles. The molecule has 11 N–H and O–H groups in total. The minimum atomic E-state index is -5.69. The largest absolute Gasteiger partial charge is 0.472 e. The van der Waals surface area contributed by atoms with Gasteiger partial charge in [-0.1, -0.05) is 238 Å². The molecular weight excluding hydrogens is 1270 g/mol. The third-order valence-corrected chi connectivity index (χ3v) is 19.5. The highest BCUT2D eigenvalue weighted by Crippen LogP contribution is 2.49. The third-order valence-electron chi connectivity index (χ3n) is 18.5. The maximum atomic E-state index is 14.3. The minimum absolute atomic E-state index is 0.00961. The van der Waals surface area contributed by atoms with Crippen molar-refractivity contribution in [1.82, 2.24) is 0 Å². The number of phosphoric acid groups is 1. The second-order valence-electron chi connectivity index (χ2n) is 27.0. The smallest absolute Gasteiger partial charge is 0.463 e. The van der Waals surface area contributed by atoms with E-state index in [9.17, 15) is 74.9 Å². The van der Waals surface area contributed by atoms with Gasteiger partial charge in [-0.15, -0.1) is 0 Å². The molecule has 0 amide bonds. The van der Waals surface area contributed by atoms with E-state index in [1.807, 2.05) is 0 Å². The molecule has 18 unspecified atom stereocenters. The number of hydrogen-bond donors (Lipinski definition) is 11. The lowest BCUT2D eigenvalue weighted by Crippen LogP contribution is -2.69. The van der Waals surface area contributed by atoms with Gasteiger partial charge in [-0.05, 0) is 44.9 Å². The van der Waals surface area contributed by atoms with Gasteiger partial charge in [0.1, 0.15) is 98.7 Å². The third kappa shape index (κ3) is 36.5. The van der Waals surface area contributed by atoms with E-state index in [-0.39, 0.29) is 19.3 Å². The number of carbonyl (C=O) groups excluding carboxylic acids is 3. The van der Waals surface area contributed by atoms with E-state index < -0.39 is 156 Å². The Morgan fingerprint density at radius 1 is 0.396 bits per heavy atom. The topological polar surface area (TPSA) is 374 Å². The number of ether oxygens (including phenoxy) is 7. The summed E-state index contributed by atoms with van der Waals surface area (Å²) in [6, 6.07) is 0. The zero-order chi connectivity index (χ0) is 70.4. The summed E-state index contributed by atoms with van der Waals surface area (Å²) in [6.45, 7) is 3.44. The summed E-state index contributed by atoms with van der Waals surface area (Å²) in [5, 5.41) is 110. The minimum Gasteiger partial charge on any atom is -0.463 e. The summed E-state index contributed by atoms with van der Waals surface area (Å²) in [4.78, 5) is 50.9. The van der Waals surface area contributed by atoms with Crippen LogP contribution in [0.3, 0.4) is 0 Å². The Kier molecular flexibility index (Phi) is 49.0. The molecule has 0 aromatic rings. The van der Waals surface area contributed by atoms with E-state index in [0.717, 1.165) is 89.9 Å². The maximum Gasteiger partial charge on any atom is 0.472 e. The number of unbranched alkanes of at least 4 members (excludes halogenated alkanes) is 35. The van der Waals surface area contributed by atoms with Crippen LogP contribution in [0, 0.1) is 0 Å². The monoisotopic (exact) mass is 1400 g/mol. The lowest BCUT2D eigenvalue weighted by molar-refractivity contribution is -0.360. The molecule has 24 nitrogen and oxygen atoms in total. The van der Waals surface area contributed by atoms with Gasteiger partial charge in [-0.3, -0.25) is 23.4 Å². The van der Waals surface area contributed by atoms with Crippen molar-refractivity contribution in [2.45, 2.75) is 395 Å². The lowest BCUT2D eigenvalue weighted by atomic mass is 9.84. The number of allylic oxidation sites excluding steroid dienone is 2. The van der Waals surface area contributed by atoms with Crippen molar-refractivity contribution in [3.05, 3.63) is 12.2 Å². The van der Waals surface area contributed by atoms with Crippen molar-refractivity contribution < 1.29 is 117 Å². The molecule has 96 heavy (non-hydrogen) atoms. The Balaban J connectivity index is 1.74. The van der Waals surface area contributed by atoms with Gasteiger partial charge in [0.05, 0.1) is 13.2 Å². The molecule has 0 aromatic heterocycles. The summed E-state index contributed by atoms with van der Waals surface area (Å²) < 4.78 is 65.0. The first-order chi connectivity index (χ1) is 46.3. The van der Waals surface area contributed by atoms with Crippen molar-refractivity contribution in [3.63, 3.8) is 0 Å². The summed E-state index contributed by atoms with van der Waals surface area (Å²) in [5.41, 5.74) is 0. The van der Waals surface area contributed by atoms with Gasteiger partial charge in [0.15, 0.2) is 18.7 Å². The lowest BCUT2D eigenvalue weighted by Gasteiger charge is -2.49. The first-order valence-corrected chi connectivity index (χ1v) is 39.0. The van der Waals surface area contributed by atoms with Gasteiger partial charge in [0, 0.05) is 19.3 Å². The van der Waals surface area contributed by atoms with E-state index in [1.54, 1.807) is 0 Å². The molecule has 2 aliphatic heterocycles. The summed E-state index contributed by atoms with van der Waals surface area (Å²) >= 11 is 0. The first-order valence-electron chi connectivity index (χ1n) is 37.5. The highest BCUT2D eigenvalue weighted by Gasteiger charge is 2.58. The molecule has 2 heterocycles. The molecule has 3 fully saturated rings. The van der Waals surface area contributed by atoms with Crippen LogP contribution in [0.25, 0.3) is 0 Å². The molecule has 25 heteroatoms. The van der Waals surface area contributed by atoms with E-state index in [1.165, 1.54) is 141 Å². The van der Waals surface area contributed by atoms with Crippen LogP contribution in [-0.4, -0.2) is 204 Å². The number of phosphoric ester groups is 1. The Labute approximate surface area is 573 Å². The molecule has 18 atom stereocenters. The molecule has 0 spiro atoms. The standard InChI is InChI=1S/C71H131O24P/c1-4-7-10-13-16-19-22-25-28-30-33-36-39-42-45-55(73)87-49-52(90-57(75)47-44-41-38-35-32-27-24-21-18-15-12-9-6-3)50-89-96(85,86)95-69-67(93-70-65(83)60(78)58(76)53(48-72)91-70)63(81)62(80)64(82)68(69)94-71-66(84)61(79)59(77)54(92-71)51-88-56(74)46-43-40-37-34-31-29-26-23-20-17-14-11-8-5-2/h29,31,52-54,58-72,76-84H,4-28,30,32-51H2,1-3H3,(H,85,86)/b31-29-. The number of esters is 3. The molecule has 564 valence electrons. The normalized spacial score (nSPS) is 28.0. The number of aliphatic hydroxyl groups excluding tert-OH is 10. The predicted molar refractivity (Wildman–Crippen MR) is 361 cm³/mol. The Morgan fingerprint density at radius 3 is 1.14 bits per heavy atom. The highest BCUT2D eigenvalue weighted by molar-refractivity contribution is 7.47. The van der Waals surface area contributed by atoms with Gasteiger partial charge >= 0.3 is 25.7 Å². The molecule has 3 aliphatic rings. The van der Waals surface area contributed by atoms with Crippen LogP contribution in [0.2, 0.25) is 0 Å². The van der Waals surface area contributed by atoms with E-state index in [2.05, 4.69) is 32.9 Å². The summed E-state index contributed by atoms with van der Waals surface area (Å²) in [6.07, 6.45) is 11.4. The van der Waals surface area contributed by atoms with Crippen LogP contribution in [0.1, 0.15) is 290 Å². The number of carbonyl (C=O) groups is 3. The zero-order valence-corrected chi connectivity index (χ0v) is 59.6. The Hall–Kier alpha value is -2.30. The zero-order valence-electron chi connectivity index (χ0n) is 58.7. The Bertz CT molecular complexity index is 2040. The van der Waals surface area contributed by atoms with Gasteiger partial charge in [0.2, 0.25) is 0 Å². The number of hydrogen-bond acceptors (Lipinski definition) is 23. The van der Waals surface area contributed by atoms with Gasteiger partial charge in [-0.2, -0.15) is 0 Å². The van der Waals surface area contributed by atoms with E-state index in [0.29, 0.717) is 19.3 Å². The number of aliphatic hydroxyl groups is 10. The SMILES string of the molecule is CCCCCCCCC/C=C\CCCCCC(=O)OCC1OC(OC2C(O)C(O)C(O)C(OC3OC(CO)C(O)C(O)C3O)C2OP(=O)(O)OCC(COC(=O)CCCCCCCCCCCCCCCC)OC(=O)CCCCCCCCCCCCCCC)C(O)C(O)C1O. The van der Waals surface area contributed by atoms with Gasteiger partial charge < -0.3 is 89.1 Å². The van der Waals surface area contributed by atoms with E-state index in [4.69, 9.17) is 42.2 Å². The van der Waals surface area contributed by atoms with Crippen molar-refractivity contribution in [2.75, 3.05) is 26.4 Å². The van der Waals surface area contributed by atoms with Crippen LogP contribution < -0.4 is 0 Å².